The van der Waals surface area contributed by atoms with Gasteiger partial charge < -0.3 is 10.2 Å². The Labute approximate surface area is 174 Å². The zero-order valence-electron chi connectivity index (χ0n) is 14.3. The molecule has 2 aromatic rings. The fourth-order valence-corrected chi connectivity index (χ4v) is 5.97. The molecule has 3 heterocycles. The van der Waals surface area contributed by atoms with Crippen LogP contribution in [-0.2, 0) is 4.79 Å². The van der Waals surface area contributed by atoms with E-state index in [0.29, 0.717) is 10.7 Å². The summed E-state index contributed by atoms with van der Waals surface area (Å²) in [6.45, 7) is 0. The topological polar surface area (TPSA) is 76.4 Å². The van der Waals surface area contributed by atoms with Crippen LogP contribution in [0.2, 0.25) is 0 Å². The number of phenols is 2. The first-order chi connectivity index (χ1) is 13.5. The van der Waals surface area contributed by atoms with Crippen molar-refractivity contribution in [2.45, 2.75) is 16.8 Å². The molecule has 0 radical (unpaired) electrons. The van der Waals surface area contributed by atoms with Gasteiger partial charge in [-0.25, -0.2) is 5.01 Å². The number of hydrazone groups is 1. The number of fused-ring (bicyclic) bond motifs is 1. The van der Waals surface area contributed by atoms with Crippen molar-refractivity contribution in [2.75, 3.05) is 0 Å². The van der Waals surface area contributed by atoms with Crippen molar-refractivity contribution < 1.29 is 15.0 Å². The van der Waals surface area contributed by atoms with Crippen LogP contribution in [0.3, 0.4) is 0 Å². The molecule has 0 bridgehead atoms. The molecule has 142 valence electrons. The molecule has 3 unspecified atom stereocenters. The Morgan fingerprint density at radius 1 is 1.07 bits per heavy atom. The fraction of sp³-hybridized carbons (Fsp3) is 0.158. The third-order valence-electron chi connectivity index (χ3n) is 4.80. The molecule has 28 heavy (non-hydrogen) atoms. The predicted molar refractivity (Wildman–Crippen MR) is 111 cm³/mol. The van der Waals surface area contributed by atoms with E-state index >= 15 is 0 Å². The first-order valence-corrected chi connectivity index (χ1v) is 10.7. The Hall–Kier alpha value is -2.29. The normalized spacial score (nSPS) is 26.0. The van der Waals surface area contributed by atoms with Gasteiger partial charge in [-0.05, 0) is 35.5 Å². The SMILES string of the molecule is O=C1C(Cl)C(c2ccccc2O)N1C1=NN2C(=CSC2c2ccc(O)cc2)S1. The van der Waals surface area contributed by atoms with Crippen molar-refractivity contribution in [1.29, 1.82) is 0 Å². The molecular formula is C19H14ClN3O3S2. The maximum atomic E-state index is 12.5. The lowest BCUT2D eigenvalue weighted by molar-refractivity contribution is -0.138. The van der Waals surface area contributed by atoms with Gasteiger partial charge in [0.2, 0.25) is 5.91 Å². The van der Waals surface area contributed by atoms with Gasteiger partial charge in [-0.15, -0.1) is 16.7 Å². The van der Waals surface area contributed by atoms with Gasteiger partial charge in [-0.1, -0.05) is 42.1 Å². The number of hydrogen-bond acceptors (Lipinski definition) is 7. The van der Waals surface area contributed by atoms with E-state index in [2.05, 4.69) is 5.10 Å². The number of hydrogen-bond donors (Lipinski definition) is 2. The van der Waals surface area contributed by atoms with Gasteiger partial charge >= 0.3 is 0 Å². The highest BCUT2D eigenvalue weighted by atomic mass is 35.5. The number of para-hydroxylation sites is 1. The van der Waals surface area contributed by atoms with Gasteiger partial charge in [-0.2, -0.15) is 0 Å². The minimum Gasteiger partial charge on any atom is -0.508 e. The average molecular weight is 432 g/mol. The van der Waals surface area contributed by atoms with Crippen LogP contribution in [0.25, 0.3) is 0 Å². The van der Waals surface area contributed by atoms with Gasteiger partial charge in [0.25, 0.3) is 0 Å². The van der Waals surface area contributed by atoms with Gasteiger partial charge in [0.1, 0.15) is 27.3 Å². The summed E-state index contributed by atoms with van der Waals surface area (Å²) in [4.78, 5) is 14.1. The van der Waals surface area contributed by atoms with E-state index < -0.39 is 11.4 Å². The predicted octanol–water partition coefficient (Wildman–Crippen LogP) is 4.15. The Balaban J connectivity index is 1.45. The van der Waals surface area contributed by atoms with E-state index in [4.69, 9.17) is 11.6 Å². The molecular weight excluding hydrogens is 418 g/mol. The highest BCUT2D eigenvalue weighted by molar-refractivity contribution is 8.18. The summed E-state index contributed by atoms with van der Waals surface area (Å²) in [5, 5.41) is 28.9. The van der Waals surface area contributed by atoms with E-state index in [1.54, 1.807) is 47.0 Å². The zero-order chi connectivity index (χ0) is 19.4. The van der Waals surface area contributed by atoms with Crippen molar-refractivity contribution in [3.8, 4) is 11.5 Å². The standard InChI is InChI=1S/C19H14ClN3O3S2/c20-15-16(12-3-1-2-4-13(12)25)22(17(15)26)19-21-23-14(28-19)9-27-18(23)10-5-7-11(24)8-6-10/h1-9,15-16,18,24-25H. The molecule has 9 heteroatoms. The first kappa shape index (κ1) is 17.8. The molecule has 1 fully saturated rings. The number of benzene rings is 2. The number of thioether (sulfide) groups is 2. The zero-order valence-corrected chi connectivity index (χ0v) is 16.7. The van der Waals surface area contributed by atoms with Crippen LogP contribution in [0.15, 0.2) is 64.1 Å². The number of alkyl halides is 1. The number of amides is 1. The van der Waals surface area contributed by atoms with Gasteiger partial charge in [0.15, 0.2) is 5.17 Å². The lowest BCUT2D eigenvalue weighted by Gasteiger charge is -2.43. The van der Waals surface area contributed by atoms with E-state index in [-0.39, 0.29) is 22.8 Å². The Kier molecular flexibility index (Phi) is 4.22. The summed E-state index contributed by atoms with van der Waals surface area (Å²) in [7, 11) is 0. The number of nitrogens with zero attached hydrogens (tertiary/aromatic N) is 3. The van der Waals surface area contributed by atoms with E-state index in [1.807, 2.05) is 28.6 Å². The number of carbonyl (C=O) groups excluding carboxylic acids is 1. The number of halogens is 1. The number of phenolic OH excluding ortho intramolecular Hbond substituents is 2. The largest absolute Gasteiger partial charge is 0.508 e. The minimum atomic E-state index is -0.733. The summed E-state index contributed by atoms with van der Waals surface area (Å²) >= 11 is 9.31. The molecule has 3 aliphatic heterocycles. The molecule has 2 N–H and O–H groups in total. The molecule has 0 saturated carbocycles. The maximum Gasteiger partial charge on any atom is 0.249 e. The molecule has 0 aliphatic carbocycles. The smallest absolute Gasteiger partial charge is 0.249 e. The number of β-lactam (4-membered cyclic amide) rings is 1. The van der Waals surface area contributed by atoms with Crippen LogP contribution in [-0.4, -0.2) is 36.6 Å². The monoisotopic (exact) mass is 431 g/mol. The summed E-state index contributed by atoms with van der Waals surface area (Å²) in [6, 6.07) is 13.4. The fourth-order valence-electron chi connectivity index (χ4n) is 3.39. The van der Waals surface area contributed by atoms with Crippen molar-refractivity contribution >= 4 is 46.2 Å². The van der Waals surface area contributed by atoms with E-state index in [1.165, 1.54) is 11.8 Å². The second kappa shape index (κ2) is 6.65. The summed E-state index contributed by atoms with van der Waals surface area (Å²) in [5.41, 5.74) is 1.61. The number of rotatable bonds is 2. The van der Waals surface area contributed by atoms with Crippen LogP contribution in [0.1, 0.15) is 22.5 Å². The van der Waals surface area contributed by atoms with Crippen LogP contribution >= 0.6 is 35.1 Å². The molecule has 6 nitrogen and oxygen atoms in total. The average Bonchev–Trinajstić information content (AvgIpc) is 3.27. The second-order valence-electron chi connectivity index (χ2n) is 6.48. The van der Waals surface area contributed by atoms with Crippen molar-refractivity contribution in [3.05, 3.63) is 70.1 Å². The maximum absolute atomic E-state index is 12.5. The summed E-state index contributed by atoms with van der Waals surface area (Å²) in [5.74, 6) is 0.0954. The lowest BCUT2D eigenvalue weighted by Crippen LogP contribution is -2.57. The Bertz CT molecular complexity index is 1030. The van der Waals surface area contributed by atoms with Crippen molar-refractivity contribution in [2.24, 2.45) is 5.10 Å². The highest BCUT2D eigenvalue weighted by Gasteiger charge is 2.52. The van der Waals surface area contributed by atoms with Gasteiger partial charge in [-0.3, -0.25) is 9.69 Å². The third kappa shape index (κ3) is 2.67. The van der Waals surface area contributed by atoms with Crippen molar-refractivity contribution in [1.82, 2.24) is 9.91 Å². The molecule has 0 spiro atoms. The Morgan fingerprint density at radius 3 is 2.57 bits per heavy atom. The lowest BCUT2D eigenvalue weighted by atomic mass is 9.93. The second-order valence-corrected chi connectivity index (χ2v) is 8.89. The van der Waals surface area contributed by atoms with Crippen molar-refractivity contribution in [3.63, 3.8) is 0 Å². The first-order valence-electron chi connectivity index (χ1n) is 8.50. The van der Waals surface area contributed by atoms with Crippen LogP contribution in [0.5, 0.6) is 11.5 Å². The highest BCUT2D eigenvalue weighted by Crippen LogP contribution is 2.53. The third-order valence-corrected chi connectivity index (χ3v) is 7.44. The van der Waals surface area contributed by atoms with Crippen LogP contribution < -0.4 is 0 Å². The van der Waals surface area contributed by atoms with Crippen LogP contribution in [0.4, 0.5) is 0 Å². The summed E-state index contributed by atoms with van der Waals surface area (Å²) in [6.07, 6.45) is 0. The quantitative estimate of drug-likeness (QED) is 0.549. The number of aromatic hydroxyl groups is 2. The molecule has 2 aromatic carbocycles. The minimum absolute atomic E-state index is 0.0626. The molecule has 1 amide bonds. The number of likely N-dealkylation sites (tertiary alicyclic amines) is 1. The molecule has 0 aromatic heterocycles. The number of amidine groups is 1. The van der Waals surface area contributed by atoms with Gasteiger partial charge in [0.05, 0.1) is 6.04 Å². The molecule has 3 aliphatic rings. The summed E-state index contributed by atoms with van der Waals surface area (Å²) < 4.78 is 0. The van der Waals surface area contributed by atoms with E-state index in [9.17, 15) is 15.0 Å². The molecule has 5 rings (SSSR count). The number of carbonyl (C=O) groups is 1. The molecule has 1 saturated heterocycles. The Morgan fingerprint density at radius 2 is 1.82 bits per heavy atom. The van der Waals surface area contributed by atoms with Crippen LogP contribution in [0, 0.1) is 0 Å². The van der Waals surface area contributed by atoms with Gasteiger partial charge in [0, 0.05) is 11.0 Å². The van der Waals surface area contributed by atoms with E-state index in [0.717, 1.165) is 10.6 Å². The molecule has 3 atom stereocenters.